The van der Waals surface area contributed by atoms with Crippen molar-refractivity contribution in [2.24, 2.45) is 34.5 Å². The minimum Gasteiger partial charge on any atom is -0.463 e. The van der Waals surface area contributed by atoms with Gasteiger partial charge in [-0.05, 0) is 92.6 Å². The molecule has 31 heavy (non-hydrogen) atoms. The van der Waals surface area contributed by atoms with Crippen LogP contribution in [0.4, 0.5) is 0 Å². The molecular formula is C29H36O2. The van der Waals surface area contributed by atoms with Gasteiger partial charge in [0.2, 0.25) is 0 Å². The van der Waals surface area contributed by atoms with E-state index < -0.39 is 0 Å². The van der Waals surface area contributed by atoms with Gasteiger partial charge in [-0.3, -0.25) is 4.79 Å². The van der Waals surface area contributed by atoms with E-state index >= 15 is 0 Å². The first kappa shape index (κ1) is 20.9. The van der Waals surface area contributed by atoms with Gasteiger partial charge < -0.3 is 4.74 Å². The van der Waals surface area contributed by atoms with Crippen molar-refractivity contribution in [2.75, 3.05) is 0 Å². The largest absolute Gasteiger partial charge is 0.463 e. The summed E-state index contributed by atoms with van der Waals surface area (Å²) in [6.07, 6.45) is 12.4. The molecule has 0 amide bonds. The first-order valence-electron chi connectivity index (χ1n) is 12.3. The van der Waals surface area contributed by atoms with Crippen LogP contribution in [0.3, 0.4) is 0 Å². The van der Waals surface area contributed by atoms with Crippen LogP contribution in [-0.2, 0) is 9.53 Å². The van der Waals surface area contributed by atoms with Gasteiger partial charge in [-0.2, -0.15) is 0 Å². The second-order valence-electron chi connectivity index (χ2n) is 11.1. The summed E-state index contributed by atoms with van der Waals surface area (Å²) < 4.78 is 5.62. The Bertz CT molecular complexity index is 934. The highest BCUT2D eigenvalue weighted by Gasteiger charge is 2.58. The van der Waals surface area contributed by atoms with Crippen LogP contribution in [-0.4, -0.2) is 12.1 Å². The fourth-order valence-corrected chi connectivity index (χ4v) is 7.98. The quantitative estimate of drug-likeness (QED) is 0.383. The summed E-state index contributed by atoms with van der Waals surface area (Å²) in [5.41, 5.74) is 3.17. The molecule has 0 heterocycles. The van der Waals surface area contributed by atoms with Gasteiger partial charge in [0.05, 0.1) is 0 Å². The fourth-order valence-electron chi connectivity index (χ4n) is 7.98. The lowest BCUT2D eigenvalue weighted by atomic mass is 9.44. The maximum atomic E-state index is 11.5. The van der Waals surface area contributed by atoms with Crippen molar-refractivity contribution >= 4 is 5.97 Å². The molecule has 0 N–H and O–H groups in total. The Balaban J connectivity index is 1.33. The maximum Gasteiger partial charge on any atom is 0.302 e. The van der Waals surface area contributed by atoms with E-state index in [4.69, 9.17) is 4.74 Å². The Morgan fingerprint density at radius 1 is 1.00 bits per heavy atom. The van der Waals surface area contributed by atoms with E-state index in [0.29, 0.717) is 11.3 Å². The molecule has 3 fully saturated rings. The molecule has 164 valence electrons. The van der Waals surface area contributed by atoms with Crippen molar-refractivity contribution in [3.05, 3.63) is 47.5 Å². The molecule has 3 saturated carbocycles. The van der Waals surface area contributed by atoms with Crippen LogP contribution in [0.25, 0.3) is 0 Å². The number of fused-ring (bicyclic) bond motifs is 5. The molecule has 0 bridgehead atoms. The molecule has 0 saturated heterocycles. The van der Waals surface area contributed by atoms with Crippen LogP contribution in [0.2, 0.25) is 0 Å². The van der Waals surface area contributed by atoms with E-state index in [1.807, 2.05) is 0 Å². The summed E-state index contributed by atoms with van der Waals surface area (Å²) in [6, 6.07) is 10.4. The highest BCUT2D eigenvalue weighted by molar-refractivity contribution is 5.66. The van der Waals surface area contributed by atoms with Crippen molar-refractivity contribution < 1.29 is 9.53 Å². The van der Waals surface area contributed by atoms with Gasteiger partial charge in [-0.15, -0.1) is 0 Å². The summed E-state index contributed by atoms with van der Waals surface area (Å²) in [6.45, 7) is 6.62. The van der Waals surface area contributed by atoms with Crippen molar-refractivity contribution in [2.45, 2.75) is 78.2 Å². The zero-order valence-corrected chi connectivity index (χ0v) is 19.3. The third-order valence-electron chi connectivity index (χ3n) is 9.65. The van der Waals surface area contributed by atoms with Crippen molar-refractivity contribution in [3.63, 3.8) is 0 Å². The zero-order chi connectivity index (χ0) is 21.6. The average molecular weight is 417 g/mol. The molecule has 2 nitrogen and oxygen atoms in total. The number of esters is 1. The predicted molar refractivity (Wildman–Crippen MR) is 124 cm³/mol. The molecule has 7 atom stereocenters. The SMILES string of the molecule is CC(=O)O[C@H]1CC[C@@]2(C)[C@@H](CC[C@H]3[C@H]2CC[C@@]2(C)C(C#Cc4ccccc4)=CC[C@H]32)C1. The van der Waals surface area contributed by atoms with E-state index in [0.717, 1.165) is 36.2 Å². The smallest absolute Gasteiger partial charge is 0.302 e. The topological polar surface area (TPSA) is 26.3 Å². The number of hydrogen-bond acceptors (Lipinski definition) is 2. The van der Waals surface area contributed by atoms with Crippen LogP contribution < -0.4 is 0 Å². The second kappa shape index (κ2) is 7.84. The molecule has 2 heteroatoms. The number of carbonyl (C=O) groups excluding carboxylic acids is 1. The average Bonchev–Trinajstić information content (AvgIpc) is 3.09. The molecule has 4 aliphatic rings. The molecule has 4 aliphatic carbocycles. The normalized spacial score (nSPS) is 41.0. The molecule has 0 unspecified atom stereocenters. The Hall–Kier alpha value is -2.01. The number of carbonyl (C=O) groups is 1. The standard InChI is InChI=1S/C29H36O2/c1-20(30)31-24-15-17-29(3)23(19-24)11-13-25-26-14-12-22(28(26,2)18-16-27(25)29)10-9-21-7-5-4-6-8-21/h4-8,12,23-27H,11,13-19H2,1-3H3/t23-,24-,25+,26+,27+,28-,29-/m0/s1. The van der Waals surface area contributed by atoms with Crippen LogP contribution in [0, 0.1) is 46.3 Å². The minimum absolute atomic E-state index is 0.114. The van der Waals surface area contributed by atoms with Crippen molar-refractivity contribution in [1.29, 1.82) is 0 Å². The van der Waals surface area contributed by atoms with Gasteiger partial charge in [0.15, 0.2) is 0 Å². The fraction of sp³-hybridized carbons (Fsp3) is 0.621. The molecule has 0 aliphatic heterocycles. The molecule has 5 rings (SSSR count). The van der Waals surface area contributed by atoms with Gasteiger partial charge in [-0.25, -0.2) is 0 Å². The Labute approximate surface area is 187 Å². The van der Waals surface area contributed by atoms with Crippen LogP contribution in [0.5, 0.6) is 0 Å². The Kier molecular flexibility index (Phi) is 5.28. The monoisotopic (exact) mass is 416 g/mol. The summed E-state index contributed by atoms with van der Waals surface area (Å²) in [7, 11) is 0. The van der Waals surface area contributed by atoms with Crippen molar-refractivity contribution in [3.8, 4) is 11.8 Å². The summed E-state index contributed by atoms with van der Waals surface area (Å²) in [5.74, 6) is 9.99. The van der Waals surface area contributed by atoms with Crippen molar-refractivity contribution in [1.82, 2.24) is 0 Å². The Morgan fingerprint density at radius 2 is 1.81 bits per heavy atom. The zero-order valence-electron chi connectivity index (χ0n) is 19.3. The van der Waals surface area contributed by atoms with Gasteiger partial charge in [0, 0.05) is 23.5 Å². The lowest BCUT2D eigenvalue weighted by molar-refractivity contribution is -0.158. The highest BCUT2D eigenvalue weighted by atomic mass is 16.5. The van der Waals surface area contributed by atoms with Gasteiger partial charge in [0.25, 0.3) is 0 Å². The molecule has 0 spiro atoms. The molecule has 1 aromatic rings. The first-order chi connectivity index (χ1) is 14.9. The highest BCUT2D eigenvalue weighted by Crippen LogP contribution is 2.66. The number of benzene rings is 1. The number of ether oxygens (including phenoxy) is 1. The van der Waals surface area contributed by atoms with E-state index in [1.165, 1.54) is 44.1 Å². The summed E-state index contributed by atoms with van der Waals surface area (Å²) >= 11 is 0. The third kappa shape index (κ3) is 3.55. The van der Waals surface area contributed by atoms with E-state index in [-0.39, 0.29) is 17.5 Å². The van der Waals surface area contributed by atoms with Gasteiger partial charge >= 0.3 is 5.97 Å². The number of allylic oxidation sites excluding steroid dienone is 2. The minimum atomic E-state index is -0.114. The van der Waals surface area contributed by atoms with E-state index in [2.05, 4.69) is 62.1 Å². The maximum absolute atomic E-state index is 11.5. The first-order valence-corrected chi connectivity index (χ1v) is 12.3. The summed E-state index contributed by atoms with van der Waals surface area (Å²) in [4.78, 5) is 11.5. The number of hydrogen-bond donors (Lipinski definition) is 0. The molecule has 0 aromatic heterocycles. The predicted octanol–water partition coefficient (Wildman–Crippen LogP) is 6.55. The van der Waals surface area contributed by atoms with E-state index in [1.54, 1.807) is 6.92 Å². The lowest BCUT2D eigenvalue weighted by Gasteiger charge is -2.60. The van der Waals surface area contributed by atoms with Gasteiger partial charge in [0.1, 0.15) is 6.10 Å². The van der Waals surface area contributed by atoms with E-state index in [9.17, 15) is 4.79 Å². The summed E-state index contributed by atoms with van der Waals surface area (Å²) in [5, 5.41) is 0. The lowest BCUT2D eigenvalue weighted by Crippen LogP contribution is -2.53. The molecular weight excluding hydrogens is 380 g/mol. The van der Waals surface area contributed by atoms with Crippen LogP contribution >= 0.6 is 0 Å². The third-order valence-corrected chi connectivity index (χ3v) is 9.65. The molecule has 1 aromatic carbocycles. The molecule has 0 radical (unpaired) electrons. The van der Waals surface area contributed by atoms with Crippen LogP contribution in [0.1, 0.15) is 77.7 Å². The second-order valence-corrected chi connectivity index (χ2v) is 11.1. The Morgan fingerprint density at radius 3 is 2.58 bits per heavy atom. The number of rotatable bonds is 1. The van der Waals surface area contributed by atoms with Gasteiger partial charge in [-0.1, -0.05) is 50.0 Å². The van der Waals surface area contributed by atoms with Crippen LogP contribution in [0.15, 0.2) is 42.0 Å².